The second kappa shape index (κ2) is 16.5. The molecule has 51 heavy (non-hydrogen) atoms. The number of nitrogen functional groups attached to an aromatic ring is 1. The molecule has 4 rings (SSSR count). The summed E-state index contributed by atoms with van der Waals surface area (Å²) in [6, 6.07) is 16.4. The molecule has 0 bridgehead atoms. The van der Waals surface area contributed by atoms with Gasteiger partial charge in [-0.3, -0.25) is 5.41 Å². The van der Waals surface area contributed by atoms with Crippen molar-refractivity contribution in [2.45, 2.75) is 50.4 Å². The molecule has 1 aliphatic rings. The molecule has 0 aliphatic carbocycles. The first kappa shape index (κ1) is 38.3. The number of hydrogen-bond donors (Lipinski definition) is 3. The first-order valence-corrected chi connectivity index (χ1v) is 15.2. The third kappa shape index (κ3) is 11.0. The van der Waals surface area contributed by atoms with Crippen molar-refractivity contribution in [2.24, 2.45) is 11.5 Å². The molecule has 1 amide bonds. The fourth-order valence-corrected chi connectivity index (χ4v) is 4.80. The van der Waals surface area contributed by atoms with Crippen molar-refractivity contribution in [3.05, 3.63) is 83.4 Å². The summed E-state index contributed by atoms with van der Waals surface area (Å²) in [5.74, 6) is -9.31. The van der Waals surface area contributed by atoms with E-state index in [4.69, 9.17) is 31.1 Å². The van der Waals surface area contributed by atoms with E-state index in [2.05, 4.69) is 9.47 Å². The van der Waals surface area contributed by atoms with Crippen LogP contribution in [0.4, 0.5) is 31.1 Å². The quantitative estimate of drug-likeness (QED) is 0.0754. The molecule has 12 nitrogen and oxygen atoms in total. The van der Waals surface area contributed by atoms with Gasteiger partial charge in [0.15, 0.2) is 11.5 Å². The Labute approximate surface area is 286 Å². The van der Waals surface area contributed by atoms with Gasteiger partial charge in [-0.05, 0) is 41.8 Å². The van der Waals surface area contributed by atoms with Crippen molar-refractivity contribution in [1.29, 1.82) is 5.41 Å². The normalized spacial score (nSPS) is 14.3. The zero-order valence-corrected chi connectivity index (χ0v) is 26.6. The molecule has 18 heteroatoms. The number of ether oxygens (including phenoxy) is 5. The molecule has 5 N–H and O–H groups in total. The first-order valence-electron chi connectivity index (χ1n) is 15.2. The molecule has 274 valence electrons. The van der Waals surface area contributed by atoms with Crippen LogP contribution in [-0.4, -0.2) is 73.0 Å². The maximum absolute atomic E-state index is 13.0. The van der Waals surface area contributed by atoms with E-state index in [1.165, 1.54) is 0 Å². The molecule has 0 unspecified atom stereocenters. The lowest BCUT2D eigenvalue weighted by atomic mass is 10.1. The largest absolute Gasteiger partial charge is 0.491 e. The van der Waals surface area contributed by atoms with Gasteiger partial charge >= 0.3 is 30.4 Å². The summed E-state index contributed by atoms with van der Waals surface area (Å²) in [6.07, 6.45) is -10.5. The lowest BCUT2D eigenvalue weighted by molar-refractivity contribution is -0.190. The number of halogens is 6. The van der Waals surface area contributed by atoms with E-state index in [1.807, 2.05) is 30.3 Å². The number of amides is 1. The van der Waals surface area contributed by atoms with Crippen LogP contribution in [0.25, 0.3) is 0 Å². The monoisotopic (exact) mass is 726 g/mol. The van der Waals surface area contributed by atoms with Gasteiger partial charge in [0.25, 0.3) is 0 Å². The van der Waals surface area contributed by atoms with Gasteiger partial charge in [-0.2, -0.15) is 26.3 Å². The lowest BCUT2D eigenvalue weighted by Crippen LogP contribution is -2.42. The smallest absolute Gasteiger partial charge is 0.490 e. The number of rotatable bonds is 12. The van der Waals surface area contributed by atoms with Gasteiger partial charge in [-0.1, -0.05) is 42.5 Å². The summed E-state index contributed by atoms with van der Waals surface area (Å²) >= 11 is 0. The Kier molecular flexibility index (Phi) is 12.4. The minimum Gasteiger partial charge on any atom is -0.490 e. The molecule has 0 saturated carbocycles. The highest BCUT2D eigenvalue weighted by molar-refractivity contribution is 6.00. The van der Waals surface area contributed by atoms with Gasteiger partial charge < -0.3 is 40.1 Å². The lowest BCUT2D eigenvalue weighted by Gasteiger charge is -2.31. The molecule has 0 radical (unpaired) electrons. The van der Waals surface area contributed by atoms with E-state index in [0.29, 0.717) is 49.4 Å². The average molecular weight is 727 g/mol. The maximum Gasteiger partial charge on any atom is 0.491 e. The summed E-state index contributed by atoms with van der Waals surface area (Å²) in [5, 5.41) is 7.62. The number of nitrogens with two attached hydrogens (primary N) is 2. The number of amidine groups is 1. The van der Waals surface area contributed by atoms with Crippen LogP contribution in [0, 0.1) is 5.41 Å². The van der Waals surface area contributed by atoms with Crippen LogP contribution >= 0.6 is 0 Å². The summed E-state index contributed by atoms with van der Waals surface area (Å²) in [4.78, 5) is 37.2. The van der Waals surface area contributed by atoms with Crippen molar-refractivity contribution in [3.8, 4) is 23.0 Å². The van der Waals surface area contributed by atoms with E-state index >= 15 is 0 Å². The summed E-state index contributed by atoms with van der Waals surface area (Å²) in [7, 11) is 0. The number of likely N-dealkylation sites (tertiary alicyclic amines) is 1. The SMILES string of the molecule is N=C(N)c1ccc(OC(=O)C(F)(F)F)c(OC[C@@H](N)Cc2ccc(OC3CCN(C(=O)OCc4ccccc4)CC3)cc2)c1OC(=O)C(F)(F)F. The molecule has 1 heterocycles. The van der Waals surface area contributed by atoms with Crippen LogP contribution < -0.4 is 30.4 Å². The number of hydrogen-bond acceptors (Lipinski definition) is 10. The number of esters is 2. The fourth-order valence-electron chi connectivity index (χ4n) is 4.80. The van der Waals surface area contributed by atoms with Crippen LogP contribution in [0.2, 0.25) is 0 Å². The van der Waals surface area contributed by atoms with E-state index in [9.17, 15) is 40.7 Å². The van der Waals surface area contributed by atoms with Crippen molar-refractivity contribution < 1.29 is 64.4 Å². The Hall–Kier alpha value is -5.52. The van der Waals surface area contributed by atoms with Gasteiger partial charge in [0.1, 0.15) is 30.9 Å². The van der Waals surface area contributed by atoms with E-state index in [0.717, 1.165) is 5.56 Å². The Morgan fingerprint density at radius 2 is 1.43 bits per heavy atom. The predicted octanol–water partition coefficient (Wildman–Crippen LogP) is 5.03. The Morgan fingerprint density at radius 1 is 0.824 bits per heavy atom. The zero-order chi connectivity index (χ0) is 37.3. The Morgan fingerprint density at radius 3 is 2.02 bits per heavy atom. The Balaban J connectivity index is 1.36. The van der Waals surface area contributed by atoms with Gasteiger partial charge in [-0.25, -0.2) is 14.4 Å². The Bertz CT molecular complexity index is 1700. The fraction of sp³-hybridized carbons (Fsp3) is 0.333. The molecule has 1 fully saturated rings. The van der Waals surface area contributed by atoms with Crippen LogP contribution in [-0.2, 0) is 27.4 Å². The molecule has 1 aliphatic heterocycles. The average Bonchev–Trinajstić information content (AvgIpc) is 3.07. The van der Waals surface area contributed by atoms with Gasteiger partial charge in [0.05, 0.1) is 5.56 Å². The number of nitrogens with zero attached hydrogens (tertiary/aromatic N) is 1. The topological polar surface area (TPSA) is 176 Å². The van der Waals surface area contributed by atoms with Crippen LogP contribution in [0.15, 0.2) is 66.7 Å². The molecule has 0 spiro atoms. The molecular formula is C33H32F6N4O8. The molecule has 1 atom stereocenters. The number of alkyl halides is 6. The summed E-state index contributed by atoms with van der Waals surface area (Å²) in [5.41, 5.74) is 12.4. The van der Waals surface area contributed by atoms with Gasteiger partial charge in [0, 0.05) is 32.0 Å². The summed E-state index contributed by atoms with van der Waals surface area (Å²) in [6.45, 7) is 0.449. The van der Waals surface area contributed by atoms with E-state index in [-0.39, 0.29) is 19.1 Å². The number of piperidine rings is 1. The third-order valence-corrected chi connectivity index (χ3v) is 7.30. The van der Waals surface area contributed by atoms with Crippen molar-refractivity contribution in [1.82, 2.24) is 4.90 Å². The second-order valence-electron chi connectivity index (χ2n) is 11.2. The molecular weight excluding hydrogens is 694 g/mol. The zero-order valence-electron chi connectivity index (χ0n) is 26.6. The van der Waals surface area contributed by atoms with E-state index < -0.39 is 71.7 Å². The summed E-state index contributed by atoms with van der Waals surface area (Å²) < 4.78 is 103. The van der Waals surface area contributed by atoms with Gasteiger partial charge in [-0.15, -0.1) is 0 Å². The van der Waals surface area contributed by atoms with Crippen LogP contribution in [0.3, 0.4) is 0 Å². The first-order chi connectivity index (χ1) is 24.0. The molecule has 0 aromatic heterocycles. The van der Waals surface area contributed by atoms with Crippen LogP contribution in [0.5, 0.6) is 23.0 Å². The number of benzene rings is 3. The highest BCUT2D eigenvalue weighted by Crippen LogP contribution is 2.42. The highest BCUT2D eigenvalue weighted by atomic mass is 19.4. The molecule has 3 aromatic carbocycles. The van der Waals surface area contributed by atoms with Crippen LogP contribution in [0.1, 0.15) is 29.5 Å². The van der Waals surface area contributed by atoms with Crippen molar-refractivity contribution in [2.75, 3.05) is 19.7 Å². The van der Waals surface area contributed by atoms with Crippen molar-refractivity contribution >= 4 is 23.9 Å². The number of carbonyl (C=O) groups excluding carboxylic acids is 3. The maximum atomic E-state index is 13.0. The predicted molar refractivity (Wildman–Crippen MR) is 166 cm³/mol. The van der Waals surface area contributed by atoms with Crippen molar-refractivity contribution in [3.63, 3.8) is 0 Å². The minimum absolute atomic E-state index is 0.0749. The number of nitrogens with one attached hydrogen (secondary N) is 1. The second-order valence-corrected chi connectivity index (χ2v) is 11.2. The molecule has 1 saturated heterocycles. The third-order valence-electron chi connectivity index (χ3n) is 7.30. The minimum atomic E-state index is -5.57. The van der Waals surface area contributed by atoms with Gasteiger partial charge in [0.2, 0.25) is 5.75 Å². The number of carbonyl (C=O) groups is 3. The van der Waals surface area contributed by atoms with E-state index in [1.54, 1.807) is 29.2 Å². The standard InChI is InChI=1S/C33H32F6N4O8/c34-32(35,36)29(44)50-25-11-10-24(28(41)42)26(51-30(45)33(37,38)39)27(25)47-18-21(40)16-19-6-8-22(9-7-19)49-23-12-14-43(15-13-23)31(46)48-17-20-4-2-1-3-5-20/h1-11,21,23H,12-18,40H2,(H3,41,42)/t21-/m0/s1. The molecule has 3 aromatic rings. The highest BCUT2D eigenvalue weighted by Gasteiger charge is 2.44.